The van der Waals surface area contributed by atoms with Crippen LogP contribution in [0.3, 0.4) is 0 Å². The minimum atomic E-state index is -4.69. The minimum absolute atomic E-state index is 0.0243. The van der Waals surface area contributed by atoms with Crippen molar-refractivity contribution in [2.24, 2.45) is 5.92 Å². The molecule has 2 aromatic rings. The number of carbonyl (C=O) groups is 2. The number of anilines is 1. The number of fused-ring (bicyclic) bond motifs is 1. The van der Waals surface area contributed by atoms with Gasteiger partial charge in [0.15, 0.2) is 17.3 Å². The van der Waals surface area contributed by atoms with E-state index in [2.05, 4.69) is 4.74 Å². The maximum Gasteiger partial charge on any atom is 0.406 e. The van der Waals surface area contributed by atoms with Crippen LogP contribution in [0.15, 0.2) is 17.1 Å². The summed E-state index contributed by atoms with van der Waals surface area (Å²) < 4.78 is 70.6. The van der Waals surface area contributed by atoms with Gasteiger partial charge in [0.2, 0.25) is 5.43 Å². The van der Waals surface area contributed by atoms with Gasteiger partial charge >= 0.3 is 12.1 Å². The van der Waals surface area contributed by atoms with Crippen LogP contribution in [0.1, 0.15) is 26.2 Å². The number of benzene rings is 1. The number of esters is 1. The summed E-state index contributed by atoms with van der Waals surface area (Å²) in [6.45, 7) is 1.00. The van der Waals surface area contributed by atoms with Crippen LogP contribution >= 0.6 is 0 Å². The molecule has 0 spiro atoms. The Morgan fingerprint density at radius 2 is 1.94 bits per heavy atom. The summed E-state index contributed by atoms with van der Waals surface area (Å²) in [6, 6.07) is 0.824. The number of ether oxygens (including phenoxy) is 3. The third kappa shape index (κ3) is 5.42. The summed E-state index contributed by atoms with van der Waals surface area (Å²) in [4.78, 5) is 36.8. The predicted molar refractivity (Wildman–Crippen MR) is 114 cm³/mol. The van der Waals surface area contributed by atoms with E-state index in [1.807, 2.05) is 0 Å². The molecule has 1 fully saturated rings. The molecule has 1 aromatic heterocycles. The van der Waals surface area contributed by atoms with Gasteiger partial charge in [-0.15, -0.1) is 0 Å². The monoisotopic (exact) mass is 488 g/mol. The molecular weight excluding hydrogens is 464 g/mol. The number of alkyl halides is 3. The molecule has 0 saturated carbocycles. The number of methoxy groups -OCH3 is 1. The number of rotatable bonds is 8. The topological polar surface area (TPSA) is 87.1 Å². The van der Waals surface area contributed by atoms with Gasteiger partial charge in [-0.1, -0.05) is 0 Å². The van der Waals surface area contributed by atoms with E-state index in [9.17, 15) is 27.6 Å². The lowest BCUT2D eigenvalue weighted by molar-refractivity contribution is -0.144. The highest BCUT2D eigenvalue weighted by molar-refractivity contribution is 5.92. The first-order valence-electron chi connectivity index (χ1n) is 10.6. The Kier molecular flexibility index (Phi) is 7.68. The summed E-state index contributed by atoms with van der Waals surface area (Å²) in [5, 5.41) is -0.418. The molecule has 0 atom stereocenters. The van der Waals surface area contributed by atoms with Crippen molar-refractivity contribution in [3.63, 3.8) is 0 Å². The van der Waals surface area contributed by atoms with Crippen LogP contribution in [-0.4, -0.2) is 50.0 Å². The van der Waals surface area contributed by atoms with Crippen molar-refractivity contribution in [2.75, 3.05) is 31.7 Å². The predicted octanol–water partition coefficient (Wildman–Crippen LogP) is 3.42. The van der Waals surface area contributed by atoms with Crippen molar-refractivity contribution in [3.05, 3.63) is 28.3 Å². The Hall–Kier alpha value is -3.31. The first-order chi connectivity index (χ1) is 16.1. The summed E-state index contributed by atoms with van der Waals surface area (Å²) in [7, 11) is 1.17. The number of hydrogen-bond acceptors (Lipinski definition) is 7. The molecule has 34 heavy (non-hydrogen) atoms. The zero-order chi connectivity index (χ0) is 25.0. The molecule has 0 radical (unpaired) electrons. The third-order valence-electron chi connectivity index (χ3n) is 5.63. The molecule has 186 valence electrons. The Labute approximate surface area is 192 Å². The highest BCUT2D eigenvalue weighted by atomic mass is 19.4. The quantitative estimate of drug-likeness (QED) is 0.320. The van der Waals surface area contributed by atoms with Crippen molar-refractivity contribution in [3.8, 4) is 11.5 Å². The molecule has 0 aliphatic carbocycles. The normalized spacial score (nSPS) is 14.8. The van der Waals surface area contributed by atoms with Gasteiger partial charge in [-0.2, -0.15) is 13.2 Å². The zero-order valence-corrected chi connectivity index (χ0v) is 18.6. The molecule has 0 unspecified atom stereocenters. The maximum atomic E-state index is 15.2. The molecule has 0 bridgehead atoms. The van der Waals surface area contributed by atoms with Gasteiger partial charge in [0.1, 0.15) is 12.2 Å². The van der Waals surface area contributed by atoms with Gasteiger partial charge in [0.05, 0.1) is 30.8 Å². The second-order valence-electron chi connectivity index (χ2n) is 7.86. The van der Waals surface area contributed by atoms with Crippen LogP contribution < -0.4 is 19.8 Å². The average Bonchev–Trinajstić information content (AvgIpc) is 2.76. The van der Waals surface area contributed by atoms with Crippen LogP contribution in [0.5, 0.6) is 11.5 Å². The van der Waals surface area contributed by atoms with Crippen molar-refractivity contribution < 1.29 is 41.4 Å². The molecule has 12 heteroatoms. The molecular formula is C22H24F4N2O6. The van der Waals surface area contributed by atoms with Crippen molar-refractivity contribution >= 4 is 29.0 Å². The molecule has 0 N–H and O–H groups in total. The maximum absolute atomic E-state index is 15.2. The van der Waals surface area contributed by atoms with Crippen LogP contribution in [-0.2, 0) is 20.9 Å². The summed E-state index contributed by atoms with van der Waals surface area (Å²) >= 11 is 0. The van der Waals surface area contributed by atoms with Gasteiger partial charge < -0.3 is 23.7 Å². The number of pyridine rings is 1. The Morgan fingerprint density at radius 1 is 1.26 bits per heavy atom. The van der Waals surface area contributed by atoms with Crippen molar-refractivity contribution in [1.82, 2.24) is 4.57 Å². The van der Waals surface area contributed by atoms with E-state index in [4.69, 9.17) is 9.47 Å². The number of halogens is 4. The Bertz CT molecular complexity index is 1120. The van der Waals surface area contributed by atoms with Gasteiger partial charge in [0.25, 0.3) is 6.47 Å². The van der Waals surface area contributed by atoms with E-state index < -0.39 is 35.1 Å². The van der Waals surface area contributed by atoms with E-state index in [0.29, 0.717) is 30.5 Å². The molecule has 2 heterocycles. The average molecular weight is 488 g/mol. The highest BCUT2D eigenvalue weighted by Gasteiger charge is 2.32. The fourth-order valence-electron chi connectivity index (χ4n) is 4.22. The second-order valence-corrected chi connectivity index (χ2v) is 7.86. The molecule has 1 aliphatic rings. The fraction of sp³-hybridized carbons (Fsp3) is 0.500. The summed E-state index contributed by atoms with van der Waals surface area (Å²) in [5.74, 6) is -2.07. The standard InChI is InChI=1S/C22H24F4N2O6/c1-3-33-17(30)8-13-4-6-27(7-5-13)19-15(23)9-14-18(21(19)32-2)28(11-22(24,25)26)10-16(20(14)31)34-12-29/h9-10,12-13H,3-8,11H2,1-2H3. The summed E-state index contributed by atoms with van der Waals surface area (Å²) in [5.41, 5.74) is -1.30. The van der Waals surface area contributed by atoms with Gasteiger partial charge in [-0.05, 0) is 31.7 Å². The molecule has 1 saturated heterocycles. The SMILES string of the molecule is CCOC(=O)CC1CCN(c2c(F)cc3c(=O)c(OC=O)cn(CC(F)(F)F)c3c2OC)CC1. The largest absolute Gasteiger partial charge is 0.492 e. The second kappa shape index (κ2) is 10.3. The van der Waals surface area contributed by atoms with Crippen LogP contribution in [0.4, 0.5) is 23.2 Å². The van der Waals surface area contributed by atoms with E-state index in [0.717, 1.165) is 12.3 Å². The number of aromatic nitrogens is 1. The van der Waals surface area contributed by atoms with E-state index >= 15 is 4.39 Å². The Balaban J connectivity index is 2.07. The van der Waals surface area contributed by atoms with Gasteiger partial charge in [0, 0.05) is 19.5 Å². The Morgan fingerprint density at radius 3 is 2.50 bits per heavy atom. The molecule has 3 rings (SSSR count). The lowest BCUT2D eigenvalue weighted by Crippen LogP contribution is -2.35. The lowest BCUT2D eigenvalue weighted by Gasteiger charge is -2.34. The van der Waals surface area contributed by atoms with E-state index in [1.54, 1.807) is 11.8 Å². The van der Waals surface area contributed by atoms with Gasteiger partial charge in [-0.25, -0.2) is 4.39 Å². The van der Waals surface area contributed by atoms with Crippen LogP contribution in [0.25, 0.3) is 10.9 Å². The smallest absolute Gasteiger partial charge is 0.406 e. The van der Waals surface area contributed by atoms with Crippen molar-refractivity contribution in [2.45, 2.75) is 38.9 Å². The molecule has 1 aliphatic heterocycles. The minimum Gasteiger partial charge on any atom is -0.492 e. The number of carbonyl (C=O) groups excluding carboxylic acids is 2. The summed E-state index contributed by atoms with van der Waals surface area (Å²) in [6.07, 6.45) is -2.65. The molecule has 1 aromatic carbocycles. The molecule has 0 amide bonds. The van der Waals surface area contributed by atoms with Crippen LogP contribution in [0, 0.1) is 11.7 Å². The highest BCUT2D eigenvalue weighted by Crippen LogP contribution is 2.41. The first-order valence-corrected chi connectivity index (χ1v) is 10.6. The number of hydrogen-bond donors (Lipinski definition) is 0. The first kappa shape index (κ1) is 25.3. The third-order valence-corrected chi connectivity index (χ3v) is 5.63. The number of piperidine rings is 1. The lowest BCUT2D eigenvalue weighted by atomic mass is 9.93. The fourth-order valence-corrected chi connectivity index (χ4v) is 4.22. The van der Waals surface area contributed by atoms with E-state index in [1.165, 1.54) is 7.11 Å². The number of nitrogens with zero attached hydrogens (tertiary/aromatic N) is 2. The van der Waals surface area contributed by atoms with Gasteiger partial charge in [-0.3, -0.25) is 14.4 Å². The van der Waals surface area contributed by atoms with E-state index in [-0.39, 0.29) is 48.3 Å². The van der Waals surface area contributed by atoms with Crippen LogP contribution in [0.2, 0.25) is 0 Å². The zero-order valence-electron chi connectivity index (χ0n) is 18.6. The van der Waals surface area contributed by atoms with Crippen molar-refractivity contribution in [1.29, 1.82) is 0 Å². The molecule has 8 nitrogen and oxygen atoms in total.